The molecule has 12 nitrogen and oxygen atoms in total. The van der Waals surface area contributed by atoms with E-state index in [1.807, 2.05) is 0 Å². The molecule has 0 bridgehead atoms. The molecule has 2 fully saturated rings. The minimum atomic E-state index is -1.52. The number of nitrogens with zero attached hydrogens (tertiary/aromatic N) is 3. The van der Waals surface area contributed by atoms with Crippen LogP contribution in [0.25, 0.3) is 0 Å². The van der Waals surface area contributed by atoms with Crippen molar-refractivity contribution < 1.29 is 33.7 Å². The average molecular weight is 718 g/mol. The number of benzene rings is 3. The largest absolute Gasteiger partial charge is 0.465 e. The molecule has 1 aliphatic heterocycles. The van der Waals surface area contributed by atoms with Crippen LogP contribution < -0.4 is 5.32 Å². The van der Waals surface area contributed by atoms with Gasteiger partial charge in [0.15, 0.2) is 0 Å². The minimum Gasteiger partial charge on any atom is -0.465 e. The van der Waals surface area contributed by atoms with Gasteiger partial charge < -0.3 is 15.2 Å². The van der Waals surface area contributed by atoms with E-state index in [1.165, 1.54) is 37.3 Å². The number of hydrogen-bond donors (Lipinski definition) is 2. The molecule has 1 heterocycles. The summed E-state index contributed by atoms with van der Waals surface area (Å²) < 4.78 is 20.5. The Labute approximate surface area is 291 Å². The van der Waals surface area contributed by atoms with Crippen molar-refractivity contribution in [3.8, 4) is 0 Å². The first-order chi connectivity index (χ1) is 23.2. The van der Waals surface area contributed by atoms with Crippen LogP contribution in [-0.4, -0.2) is 63.5 Å². The second kappa shape index (κ2) is 14.8. The Morgan fingerprint density at radius 2 is 1.84 bits per heavy atom. The van der Waals surface area contributed by atoms with E-state index in [9.17, 15) is 34.9 Å². The van der Waals surface area contributed by atoms with Crippen LogP contribution in [0.2, 0.25) is 10.0 Å². The number of rotatable bonds is 12. The molecule has 5 rings (SSSR count). The van der Waals surface area contributed by atoms with Gasteiger partial charge in [-0.1, -0.05) is 41.4 Å². The summed E-state index contributed by atoms with van der Waals surface area (Å²) in [6.07, 6.45) is -0.0481. The molecular formula is C34H35Cl2FN4O8. The van der Waals surface area contributed by atoms with Gasteiger partial charge in [0.2, 0.25) is 11.9 Å². The highest BCUT2D eigenvalue weighted by molar-refractivity contribution is 6.31. The van der Waals surface area contributed by atoms with E-state index in [0.29, 0.717) is 22.8 Å². The molecular weight excluding hydrogens is 682 g/mol. The number of nitro benzene ring substituents is 1. The molecule has 2 N–H and O–H groups in total. The number of esters is 1. The number of carbonyl (C=O) groups excluding carboxylic acids is 2. The molecule has 1 amide bonds. The molecule has 0 spiro atoms. The van der Waals surface area contributed by atoms with E-state index >= 15 is 4.39 Å². The third kappa shape index (κ3) is 7.40. The molecule has 1 saturated carbocycles. The molecule has 1 aliphatic carbocycles. The number of ether oxygens (including phenoxy) is 1. The first kappa shape index (κ1) is 36.1. The third-order valence-electron chi connectivity index (χ3n) is 9.51. The van der Waals surface area contributed by atoms with Gasteiger partial charge in [-0.2, -0.15) is 0 Å². The van der Waals surface area contributed by atoms with Crippen LogP contribution in [0.15, 0.2) is 48.5 Å². The van der Waals surface area contributed by atoms with Gasteiger partial charge in [0.25, 0.3) is 5.69 Å². The highest BCUT2D eigenvalue weighted by Gasteiger charge is 2.59. The molecule has 2 aliphatic rings. The lowest BCUT2D eigenvalue weighted by Crippen LogP contribution is -2.46. The summed E-state index contributed by atoms with van der Waals surface area (Å²) >= 11 is 12.4. The van der Waals surface area contributed by atoms with E-state index in [1.54, 1.807) is 30.0 Å². The first-order valence-electron chi connectivity index (χ1n) is 15.7. The zero-order valence-corrected chi connectivity index (χ0v) is 28.4. The number of likely N-dealkylation sites (tertiary alicyclic amines) is 1. The molecule has 0 aromatic heterocycles. The maximum Gasteiger partial charge on any atom is 0.338 e. The monoisotopic (exact) mass is 716 g/mol. The van der Waals surface area contributed by atoms with Crippen LogP contribution in [0.4, 0.5) is 15.8 Å². The first-order valence-corrected chi connectivity index (χ1v) is 16.4. The van der Waals surface area contributed by atoms with Crippen molar-refractivity contribution in [2.24, 2.45) is 5.92 Å². The Morgan fingerprint density at radius 3 is 2.47 bits per heavy atom. The number of nitro groups is 2. The molecule has 3 aromatic carbocycles. The number of nitrogens with one attached hydrogen (secondary N) is 1. The van der Waals surface area contributed by atoms with E-state index in [0.717, 1.165) is 20.0 Å². The zero-order valence-electron chi connectivity index (χ0n) is 26.9. The molecule has 0 radical (unpaired) electrons. The van der Waals surface area contributed by atoms with Crippen LogP contribution >= 0.6 is 23.2 Å². The third-order valence-corrected chi connectivity index (χ3v) is 10.0. The Morgan fingerprint density at radius 1 is 1.12 bits per heavy atom. The fourth-order valence-electron chi connectivity index (χ4n) is 6.92. The van der Waals surface area contributed by atoms with E-state index in [-0.39, 0.29) is 46.0 Å². The maximum atomic E-state index is 15.7. The predicted molar refractivity (Wildman–Crippen MR) is 180 cm³/mol. The van der Waals surface area contributed by atoms with Crippen LogP contribution in [0.3, 0.4) is 0 Å². The van der Waals surface area contributed by atoms with Crippen LogP contribution in [0, 0.1) is 45.8 Å². The fraction of sp³-hybridized carbons (Fsp3) is 0.412. The number of carbonyl (C=O) groups is 2. The van der Waals surface area contributed by atoms with Crippen LogP contribution in [0.1, 0.15) is 70.3 Å². The van der Waals surface area contributed by atoms with Gasteiger partial charge in [0.05, 0.1) is 46.2 Å². The Kier molecular flexibility index (Phi) is 10.9. The van der Waals surface area contributed by atoms with Crippen LogP contribution in [0.5, 0.6) is 0 Å². The van der Waals surface area contributed by atoms with Crippen molar-refractivity contribution in [2.45, 2.75) is 69.7 Å². The van der Waals surface area contributed by atoms with Gasteiger partial charge in [-0.15, -0.1) is 0 Å². The maximum absolute atomic E-state index is 15.7. The summed E-state index contributed by atoms with van der Waals surface area (Å²) in [4.78, 5) is 52.0. The number of aryl methyl sites for hydroxylation is 1. The van der Waals surface area contributed by atoms with Crippen molar-refractivity contribution in [2.75, 3.05) is 19.0 Å². The number of aliphatic hydroxyl groups excluding tert-OH is 1. The minimum absolute atomic E-state index is 0.00247. The van der Waals surface area contributed by atoms with Crippen molar-refractivity contribution in [3.05, 3.63) is 112 Å². The van der Waals surface area contributed by atoms with Gasteiger partial charge in [-0.05, 0) is 81.3 Å². The highest BCUT2D eigenvalue weighted by Crippen LogP contribution is 2.46. The quantitative estimate of drug-likeness (QED) is 0.117. The second-order valence-corrected chi connectivity index (χ2v) is 13.4. The summed E-state index contributed by atoms with van der Waals surface area (Å²) in [6.45, 7) is 3.43. The lowest BCUT2D eigenvalue weighted by Gasteiger charge is -2.30. The normalized spacial score (nSPS) is 21.3. The van der Waals surface area contributed by atoms with Crippen molar-refractivity contribution in [3.63, 3.8) is 0 Å². The topological polar surface area (TPSA) is 165 Å². The molecule has 15 heteroatoms. The molecule has 1 unspecified atom stereocenters. The van der Waals surface area contributed by atoms with Crippen molar-refractivity contribution >= 4 is 46.5 Å². The molecule has 260 valence electrons. The fourth-order valence-corrected chi connectivity index (χ4v) is 7.27. The second-order valence-electron chi connectivity index (χ2n) is 12.6. The zero-order chi connectivity index (χ0) is 35.7. The predicted octanol–water partition coefficient (Wildman–Crippen LogP) is 6.79. The standard InChI is InChI=1S/C34H35Cl2FN4O8/c1-17-7-10-20(35)15-25(17)38-33(43)32-28(23-5-4-6-24(36)29(23)37)31(41(47)48)26(39(32)16-19-8-9-19)13-14-27(42)22-12-11-21(34(44)49-3)18(2)30(22)40(45)46/h4-7,10-12,15,19,26-28,31-32,42H,8-9,13-14,16H2,1-3H3,(H,38,43)/t26-,27?,28-,31+,32+/m0/s1. The average Bonchev–Trinajstić information content (AvgIpc) is 3.81. The van der Waals surface area contributed by atoms with Gasteiger partial charge in [0, 0.05) is 33.3 Å². The molecule has 5 atom stereocenters. The lowest BCUT2D eigenvalue weighted by atomic mass is 9.84. The van der Waals surface area contributed by atoms with E-state index in [2.05, 4.69) is 5.32 Å². The Balaban J connectivity index is 1.56. The Hall–Kier alpha value is -4.17. The summed E-state index contributed by atoms with van der Waals surface area (Å²) in [6, 6.07) is 7.95. The van der Waals surface area contributed by atoms with E-state index in [4.69, 9.17) is 27.9 Å². The van der Waals surface area contributed by atoms with Crippen LogP contribution in [-0.2, 0) is 9.53 Å². The summed E-state index contributed by atoms with van der Waals surface area (Å²) in [5, 5.41) is 39.4. The van der Waals surface area contributed by atoms with Crippen molar-refractivity contribution in [1.82, 2.24) is 4.90 Å². The van der Waals surface area contributed by atoms with E-state index < -0.39 is 63.4 Å². The number of hydrogen-bond acceptors (Lipinski definition) is 9. The molecule has 1 saturated heterocycles. The lowest BCUT2D eigenvalue weighted by molar-refractivity contribution is -0.528. The number of halogens is 3. The highest BCUT2D eigenvalue weighted by atomic mass is 35.5. The smallest absolute Gasteiger partial charge is 0.338 e. The summed E-state index contributed by atoms with van der Waals surface area (Å²) in [5.41, 5.74) is 0.390. The molecule has 3 aromatic rings. The molecule has 49 heavy (non-hydrogen) atoms. The number of anilines is 1. The van der Waals surface area contributed by atoms with Gasteiger partial charge in [0.1, 0.15) is 11.9 Å². The van der Waals surface area contributed by atoms with Crippen molar-refractivity contribution in [1.29, 1.82) is 0 Å². The number of methoxy groups -OCH3 is 1. The number of aliphatic hydroxyl groups is 1. The summed E-state index contributed by atoms with van der Waals surface area (Å²) in [7, 11) is 1.14. The Bertz CT molecular complexity index is 1810. The van der Waals surface area contributed by atoms with Gasteiger partial charge in [-0.25, -0.2) is 9.18 Å². The number of amides is 1. The van der Waals surface area contributed by atoms with Gasteiger partial charge in [-0.3, -0.25) is 29.9 Å². The SMILES string of the molecule is COC(=O)c1ccc(C(O)CC[C@H]2[C@@H]([N+](=O)[O-])[C@H](c3cccc(Cl)c3F)[C@H](C(=O)Nc3cc(Cl)ccc3C)N2CC2CC2)c([N+](=O)[O-])c1C. The van der Waals surface area contributed by atoms with Gasteiger partial charge >= 0.3 is 5.97 Å². The summed E-state index contributed by atoms with van der Waals surface area (Å²) in [5.74, 6) is -3.41.